The van der Waals surface area contributed by atoms with Gasteiger partial charge in [0.05, 0.1) is 0 Å². The normalized spacial score (nSPS) is 11.3. The van der Waals surface area contributed by atoms with Gasteiger partial charge >= 0.3 is 0 Å². The summed E-state index contributed by atoms with van der Waals surface area (Å²) in [6.45, 7) is 4.05. The van der Waals surface area contributed by atoms with E-state index in [1.54, 1.807) is 12.1 Å². The van der Waals surface area contributed by atoms with Crippen LogP contribution in [0.25, 0.3) is 6.08 Å². The van der Waals surface area contributed by atoms with E-state index >= 15 is 0 Å². The molecule has 0 atom stereocenters. The maximum atomic E-state index is 13.4. The van der Waals surface area contributed by atoms with Gasteiger partial charge < -0.3 is 5.11 Å². The lowest BCUT2D eigenvalue weighted by Crippen LogP contribution is -1.95. The summed E-state index contributed by atoms with van der Waals surface area (Å²) >= 11 is 0. The van der Waals surface area contributed by atoms with E-state index in [0.29, 0.717) is 25.9 Å². The summed E-state index contributed by atoms with van der Waals surface area (Å²) in [5, 5.41) is 8.74. The predicted octanol–water partition coefficient (Wildman–Crippen LogP) is 7.98. The molecule has 1 aromatic rings. The van der Waals surface area contributed by atoms with Gasteiger partial charge in [0, 0.05) is 19.4 Å². The molecule has 1 N–H and O–H groups in total. The van der Waals surface area contributed by atoms with Crippen LogP contribution in [0.5, 0.6) is 0 Å². The zero-order valence-corrected chi connectivity index (χ0v) is 19.4. The Bertz CT molecular complexity index is 636. The quantitative estimate of drug-likeness (QED) is 0.168. The van der Waals surface area contributed by atoms with Crippen LogP contribution in [-0.2, 0) is 11.2 Å². The minimum absolute atomic E-state index is 0.240. The number of hydrogen-bond donors (Lipinski definition) is 1. The number of hydrogen-bond acceptors (Lipinski definition) is 2. The van der Waals surface area contributed by atoms with Crippen LogP contribution < -0.4 is 0 Å². The molecule has 3 heteroatoms. The van der Waals surface area contributed by atoms with E-state index in [9.17, 15) is 9.18 Å². The molecule has 0 aromatic heterocycles. The topological polar surface area (TPSA) is 37.3 Å². The van der Waals surface area contributed by atoms with Gasteiger partial charge in [-0.05, 0) is 42.5 Å². The number of halogens is 1. The molecule has 0 radical (unpaired) electrons. The lowest BCUT2D eigenvalue weighted by molar-refractivity contribution is -0.118. The van der Waals surface area contributed by atoms with Crippen LogP contribution in [0.1, 0.15) is 107 Å². The van der Waals surface area contributed by atoms with Crippen LogP contribution in [0.3, 0.4) is 0 Å². The van der Waals surface area contributed by atoms with Gasteiger partial charge in [0.15, 0.2) is 0 Å². The van der Waals surface area contributed by atoms with Crippen LogP contribution in [0, 0.1) is 5.82 Å². The van der Waals surface area contributed by atoms with Crippen molar-refractivity contribution in [1.82, 2.24) is 0 Å². The van der Waals surface area contributed by atoms with E-state index in [1.807, 2.05) is 12.2 Å². The standard InChI is InChI=1S/C28H43FO2/c1-2-17-26-24-27(29)22-21-25(26)18-16-20-28(31)19-14-12-10-8-6-4-3-5-7-9-11-13-15-23-30/h2,16,18,21-22,24,30H,1,3-15,17,19-20,23H2/b18-16+. The maximum Gasteiger partial charge on any atom is 0.136 e. The Balaban J connectivity index is 2.00. The molecule has 0 spiro atoms. The summed E-state index contributed by atoms with van der Waals surface area (Å²) < 4.78 is 13.4. The molecule has 0 heterocycles. The average Bonchev–Trinajstić information content (AvgIpc) is 2.75. The summed E-state index contributed by atoms with van der Waals surface area (Å²) in [6, 6.07) is 4.74. The van der Waals surface area contributed by atoms with E-state index in [4.69, 9.17) is 5.11 Å². The molecule has 0 aliphatic rings. The van der Waals surface area contributed by atoms with Crippen LogP contribution in [0.4, 0.5) is 4.39 Å². The van der Waals surface area contributed by atoms with E-state index < -0.39 is 0 Å². The average molecular weight is 431 g/mol. The molecule has 1 rings (SSSR count). The molecular weight excluding hydrogens is 387 g/mol. The first-order valence-corrected chi connectivity index (χ1v) is 12.4. The highest BCUT2D eigenvalue weighted by Crippen LogP contribution is 2.16. The van der Waals surface area contributed by atoms with Crippen molar-refractivity contribution in [2.24, 2.45) is 0 Å². The van der Waals surface area contributed by atoms with E-state index in [2.05, 4.69) is 6.58 Å². The highest BCUT2D eigenvalue weighted by molar-refractivity contribution is 5.80. The van der Waals surface area contributed by atoms with Crippen LogP contribution in [0.15, 0.2) is 36.9 Å². The molecule has 0 amide bonds. The van der Waals surface area contributed by atoms with Crippen molar-refractivity contribution in [3.63, 3.8) is 0 Å². The summed E-state index contributed by atoms with van der Waals surface area (Å²) in [6.07, 6.45) is 23.3. The minimum Gasteiger partial charge on any atom is -0.396 e. The van der Waals surface area contributed by atoms with Gasteiger partial charge in [-0.1, -0.05) is 94.9 Å². The molecule has 0 aliphatic heterocycles. The van der Waals surface area contributed by atoms with Crippen molar-refractivity contribution >= 4 is 11.9 Å². The smallest absolute Gasteiger partial charge is 0.136 e. The van der Waals surface area contributed by atoms with E-state index in [-0.39, 0.29) is 11.6 Å². The first kappa shape index (κ1) is 27.3. The Labute approximate surface area is 189 Å². The summed E-state index contributed by atoms with van der Waals surface area (Å²) in [5.74, 6) is 0.0398. The fraction of sp³-hybridized carbons (Fsp3) is 0.607. The van der Waals surface area contributed by atoms with Gasteiger partial charge in [-0.3, -0.25) is 4.79 Å². The van der Waals surface area contributed by atoms with E-state index in [1.165, 1.54) is 76.3 Å². The first-order chi connectivity index (χ1) is 15.2. The van der Waals surface area contributed by atoms with E-state index in [0.717, 1.165) is 30.4 Å². The number of allylic oxidation sites excluding steroid dienone is 2. The highest BCUT2D eigenvalue weighted by atomic mass is 19.1. The molecule has 0 saturated heterocycles. The third kappa shape index (κ3) is 14.8. The molecule has 0 unspecified atom stereocenters. The second kappa shape index (κ2) is 19.0. The van der Waals surface area contributed by atoms with Gasteiger partial charge in [0.25, 0.3) is 0 Å². The number of rotatable bonds is 20. The van der Waals surface area contributed by atoms with Crippen molar-refractivity contribution in [2.45, 2.75) is 103 Å². The monoisotopic (exact) mass is 430 g/mol. The van der Waals surface area contributed by atoms with Gasteiger partial charge in [-0.2, -0.15) is 0 Å². The number of ketones is 1. The van der Waals surface area contributed by atoms with Crippen LogP contribution in [-0.4, -0.2) is 17.5 Å². The lowest BCUT2D eigenvalue weighted by atomic mass is 10.0. The Hall–Kier alpha value is -1.74. The lowest BCUT2D eigenvalue weighted by Gasteiger charge is -2.04. The van der Waals surface area contributed by atoms with Crippen LogP contribution >= 0.6 is 0 Å². The van der Waals surface area contributed by atoms with Gasteiger partial charge in [-0.15, -0.1) is 6.58 Å². The minimum atomic E-state index is -0.240. The largest absolute Gasteiger partial charge is 0.396 e. The fourth-order valence-electron chi connectivity index (χ4n) is 3.87. The summed E-state index contributed by atoms with van der Waals surface area (Å²) in [5.41, 5.74) is 1.85. The van der Waals surface area contributed by atoms with Gasteiger partial charge in [-0.25, -0.2) is 4.39 Å². The molecule has 0 saturated carbocycles. The van der Waals surface area contributed by atoms with Crippen molar-refractivity contribution in [2.75, 3.05) is 6.61 Å². The second-order valence-corrected chi connectivity index (χ2v) is 8.55. The molecule has 2 nitrogen and oxygen atoms in total. The number of aliphatic hydroxyl groups is 1. The number of aliphatic hydroxyl groups excluding tert-OH is 1. The van der Waals surface area contributed by atoms with Crippen molar-refractivity contribution in [3.05, 3.63) is 53.9 Å². The third-order valence-corrected chi connectivity index (χ3v) is 5.73. The zero-order valence-electron chi connectivity index (χ0n) is 19.4. The third-order valence-electron chi connectivity index (χ3n) is 5.73. The van der Waals surface area contributed by atoms with Gasteiger partial charge in [0.1, 0.15) is 11.6 Å². The summed E-state index contributed by atoms with van der Waals surface area (Å²) in [4.78, 5) is 12.1. The number of Topliss-reactive ketones (excluding diaryl/α,β-unsaturated/α-hetero) is 1. The predicted molar refractivity (Wildman–Crippen MR) is 131 cm³/mol. The molecule has 0 fully saturated rings. The Morgan fingerprint density at radius 1 is 0.871 bits per heavy atom. The second-order valence-electron chi connectivity index (χ2n) is 8.55. The molecule has 31 heavy (non-hydrogen) atoms. The Morgan fingerprint density at radius 2 is 1.42 bits per heavy atom. The zero-order chi connectivity index (χ0) is 22.6. The number of carbonyl (C=O) groups is 1. The van der Waals surface area contributed by atoms with Crippen molar-refractivity contribution in [1.29, 1.82) is 0 Å². The van der Waals surface area contributed by atoms with Crippen LogP contribution in [0.2, 0.25) is 0 Å². The van der Waals surface area contributed by atoms with Crippen molar-refractivity contribution < 1.29 is 14.3 Å². The molecule has 0 bridgehead atoms. The Morgan fingerprint density at radius 3 is 1.97 bits per heavy atom. The molecule has 1 aromatic carbocycles. The fourth-order valence-corrected chi connectivity index (χ4v) is 3.87. The SMILES string of the molecule is C=CCc1cc(F)ccc1/C=C/CC(=O)CCCCCCCCCCCCCCCO. The number of benzene rings is 1. The maximum absolute atomic E-state index is 13.4. The first-order valence-electron chi connectivity index (χ1n) is 12.4. The molecular formula is C28H43FO2. The molecule has 0 aliphatic carbocycles. The number of carbonyl (C=O) groups excluding carboxylic acids is 1. The number of unbranched alkanes of at least 4 members (excludes halogenated alkanes) is 12. The Kier molecular flexibility index (Phi) is 16.7. The summed E-state index contributed by atoms with van der Waals surface area (Å²) in [7, 11) is 0. The highest BCUT2D eigenvalue weighted by Gasteiger charge is 2.02. The van der Waals surface area contributed by atoms with Gasteiger partial charge in [0.2, 0.25) is 0 Å². The molecule has 174 valence electrons. The van der Waals surface area contributed by atoms with Crippen molar-refractivity contribution in [3.8, 4) is 0 Å².